The van der Waals surface area contributed by atoms with Gasteiger partial charge in [-0.05, 0) is 52.7 Å². The third-order valence-corrected chi connectivity index (χ3v) is 8.00. The molecule has 0 saturated carbocycles. The van der Waals surface area contributed by atoms with Crippen molar-refractivity contribution in [2.24, 2.45) is 0 Å². The van der Waals surface area contributed by atoms with Crippen LogP contribution >= 0.6 is 0 Å². The van der Waals surface area contributed by atoms with Crippen LogP contribution in [-0.2, 0) is 14.6 Å². The van der Waals surface area contributed by atoms with Gasteiger partial charge in [-0.1, -0.05) is 79.7 Å². The topological polar surface area (TPSA) is 69.7 Å². The molecule has 1 unspecified atom stereocenters. The number of carbonyl (C=O) groups excluding carboxylic acids is 1. The first-order chi connectivity index (χ1) is 17.9. The lowest BCUT2D eigenvalue weighted by molar-refractivity contribution is 0.0254. The van der Waals surface area contributed by atoms with Crippen molar-refractivity contribution in [2.75, 3.05) is 12.9 Å². The molecule has 4 aromatic carbocycles. The van der Waals surface area contributed by atoms with Crippen molar-refractivity contribution in [1.29, 1.82) is 0 Å². The van der Waals surface area contributed by atoms with Crippen molar-refractivity contribution in [3.8, 4) is 5.75 Å². The first-order valence-electron chi connectivity index (χ1n) is 12.1. The Kier molecular flexibility index (Phi) is 8.41. The van der Waals surface area contributed by atoms with E-state index in [-0.39, 0.29) is 16.6 Å². The second-order valence-corrected chi connectivity index (χ2v) is 10.9. The van der Waals surface area contributed by atoms with Crippen molar-refractivity contribution in [3.63, 3.8) is 0 Å². The Morgan fingerprint density at radius 2 is 1.49 bits per heavy atom. The average molecular weight is 515 g/mol. The average Bonchev–Trinajstić information content (AvgIpc) is 2.94. The predicted octanol–water partition coefficient (Wildman–Crippen LogP) is 6.60. The molecule has 4 aromatic rings. The molecule has 0 saturated heterocycles. The third-order valence-electron chi connectivity index (χ3n) is 6.38. The summed E-state index contributed by atoms with van der Waals surface area (Å²) in [6, 6.07) is 29.3. The summed E-state index contributed by atoms with van der Waals surface area (Å²) in [5.41, 5.74) is 1.50. The van der Waals surface area contributed by atoms with Gasteiger partial charge in [0, 0.05) is 12.3 Å². The van der Waals surface area contributed by atoms with Gasteiger partial charge in [0.2, 0.25) is 0 Å². The number of methoxy groups -OCH3 is 1. The lowest BCUT2D eigenvalue weighted by atomic mass is 9.91. The standard InChI is InChI=1S/C31H30O5S/c1-23(25-16-17-27-22-28(35-2)19-18-26(27)21-25)30(36-31(32)24-11-5-3-6-12-24)15-9-10-20-37(33,34)29-13-7-4-8-14-29/h3-14,16-19,21-23,30H,15,20H2,1-2H3/b10-9+/t23-,30?/m0/s1. The number of ether oxygens (including phenoxy) is 2. The highest BCUT2D eigenvalue weighted by Gasteiger charge is 2.23. The summed E-state index contributed by atoms with van der Waals surface area (Å²) in [5, 5.41) is 2.11. The highest BCUT2D eigenvalue weighted by Crippen LogP contribution is 2.29. The largest absolute Gasteiger partial charge is 0.497 e. The summed E-state index contributed by atoms with van der Waals surface area (Å²) in [4.78, 5) is 13.2. The molecule has 4 rings (SSSR count). The van der Waals surface area contributed by atoms with Crippen molar-refractivity contribution in [3.05, 3.63) is 120 Å². The van der Waals surface area contributed by atoms with E-state index in [1.807, 2.05) is 43.3 Å². The molecular formula is C31H30O5S. The summed E-state index contributed by atoms with van der Waals surface area (Å²) in [6.07, 6.45) is 3.31. The van der Waals surface area contributed by atoms with Gasteiger partial charge in [-0.25, -0.2) is 13.2 Å². The summed E-state index contributed by atoms with van der Waals surface area (Å²) in [6.45, 7) is 2.02. The Hall–Kier alpha value is -3.90. The van der Waals surface area contributed by atoms with Gasteiger partial charge in [0.05, 0.1) is 23.3 Å². The minimum Gasteiger partial charge on any atom is -0.497 e. The molecule has 0 aliphatic heterocycles. The third kappa shape index (κ3) is 6.66. The number of carbonyl (C=O) groups is 1. The van der Waals surface area contributed by atoms with Crippen LogP contribution in [0.25, 0.3) is 10.8 Å². The minimum absolute atomic E-state index is 0.122. The molecule has 0 amide bonds. The van der Waals surface area contributed by atoms with Gasteiger partial charge in [-0.15, -0.1) is 0 Å². The van der Waals surface area contributed by atoms with Gasteiger partial charge >= 0.3 is 5.97 Å². The fraction of sp³-hybridized carbons (Fsp3) is 0.194. The number of benzene rings is 4. The molecule has 5 nitrogen and oxygen atoms in total. The highest BCUT2D eigenvalue weighted by molar-refractivity contribution is 7.91. The lowest BCUT2D eigenvalue weighted by Crippen LogP contribution is -2.24. The van der Waals surface area contributed by atoms with E-state index in [0.29, 0.717) is 12.0 Å². The molecular weight excluding hydrogens is 484 g/mol. The van der Waals surface area contributed by atoms with Gasteiger partial charge < -0.3 is 9.47 Å². The van der Waals surface area contributed by atoms with Crippen LogP contribution in [0.3, 0.4) is 0 Å². The summed E-state index contributed by atoms with van der Waals surface area (Å²) in [5.74, 6) is 0.129. The van der Waals surface area contributed by atoms with Crippen LogP contribution in [0, 0.1) is 0 Å². The Labute approximate surface area is 218 Å². The molecule has 37 heavy (non-hydrogen) atoms. The van der Waals surface area contributed by atoms with Crippen molar-refractivity contribution in [1.82, 2.24) is 0 Å². The van der Waals surface area contributed by atoms with Gasteiger partial charge in [-0.3, -0.25) is 0 Å². The zero-order chi connectivity index (χ0) is 26.3. The maximum absolute atomic E-state index is 12.9. The maximum Gasteiger partial charge on any atom is 0.338 e. The molecule has 0 radical (unpaired) electrons. The summed E-state index contributed by atoms with van der Waals surface area (Å²) < 4.78 is 36.5. The van der Waals surface area contributed by atoms with E-state index in [0.717, 1.165) is 22.1 Å². The van der Waals surface area contributed by atoms with E-state index in [1.165, 1.54) is 0 Å². The molecule has 0 bridgehead atoms. The van der Waals surface area contributed by atoms with Gasteiger partial charge in [0.15, 0.2) is 9.84 Å². The zero-order valence-electron chi connectivity index (χ0n) is 20.9. The molecule has 6 heteroatoms. The Bertz CT molecular complexity index is 1480. The minimum atomic E-state index is -3.43. The maximum atomic E-state index is 12.9. The first kappa shape index (κ1) is 26.2. The van der Waals surface area contributed by atoms with Crippen LogP contribution in [0.2, 0.25) is 0 Å². The molecule has 0 fully saturated rings. The number of sulfone groups is 1. The van der Waals surface area contributed by atoms with E-state index in [4.69, 9.17) is 9.47 Å². The second-order valence-electron chi connectivity index (χ2n) is 8.87. The molecule has 0 aromatic heterocycles. The van der Waals surface area contributed by atoms with Gasteiger partial charge in [0.25, 0.3) is 0 Å². The Balaban J connectivity index is 1.54. The van der Waals surface area contributed by atoms with Crippen LogP contribution in [0.4, 0.5) is 0 Å². The van der Waals surface area contributed by atoms with Crippen molar-refractivity contribution >= 4 is 26.6 Å². The van der Waals surface area contributed by atoms with Crippen LogP contribution in [0.15, 0.2) is 114 Å². The van der Waals surface area contributed by atoms with Crippen LogP contribution < -0.4 is 4.74 Å². The van der Waals surface area contributed by atoms with Crippen LogP contribution in [0.1, 0.15) is 35.2 Å². The van der Waals surface area contributed by atoms with E-state index in [2.05, 4.69) is 6.07 Å². The number of hydrogen-bond acceptors (Lipinski definition) is 5. The Morgan fingerprint density at radius 1 is 0.838 bits per heavy atom. The van der Waals surface area contributed by atoms with E-state index in [1.54, 1.807) is 73.9 Å². The summed E-state index contributed by atoms with van der Waals surface area (Å²) in [7, 11) is -1.79. The van der Waals surface area contributed by atoms with Gasteiger partial charge in [0.1, 0.15) is 11.9 Å². The monoisotopic (exact) mass is 514 g/mol. The molecule has 190 valence electrons. The summed E-state index contributed by atoms with van der Waals surface area (Å²) >= 11 is 0. The number of hydrogen-bond donors (Lipinski definition) is 0. The number of esters is 1. The van der Waals surface area contributed by atoms with Crippen LogP contribution in [-0.4, -0.2) is 33.4 Å². The molecule has 0 aliphatic rings. The lowest BCUT2D eigenvalue weighted by Gasteiger charge is -2.24. The Morgan fingerprint density at radius 3 is 2.19 bits per heavy atom. The fourth-order valence-corrected chi connectivity index (χ4v) is 5.30. The van der Waals surface area contributed by atoms with Crippen LogP contribution in [0.5, 0.6) is 5.75 Å². The SMILES string of the molecule is COc1ccc2cc([C@H](C)C(C/C=C/CS(=O)(=O)c3ccccc3)OC(=O)c3ccccc3)ccc2c1. The van der Waals surface area contributed by atoms with Crippen molar-refractivity contribution < 1.29 is 22.7 Å². The van der Waals surface area contributed by atoms with Gasteiger partial charge in [-0.2, -0.15) is 0 Å². The smallest absolute Gasteiger partial charge is 0.338 e. The highest BCUT2D eigenvalue weighted by atomic mass is 32.2. The second kappa shape index (κ2) is 11.9. The molecule has 0 heterocycles. The molecule has 2 atom stereocenters. The van der Waals surface area contributed by atoms with E-state index >= 15 is 0 Å². The predicted molar refractivity (Wildman–Crippen MR) is 147 cm³/mol. The first-order valence-corrected chi connectivity index (χ1v) is 13.8. The number of rotatable bonds is 10. The molecule has 0 aliphatic carbocycles. The number of fused-ring (bicyclic) bond motifs is 1. The van der Waals surface area contributed by atoms with E-state index < -0.39 is 21.9 Å². The van der Waals surface area contributed by atoms with E-state index in [9.17, 15) is 13.2 Å². The molecule has 0 N–H and O–H groups in total. The van der Waals surface area contributed by atoms with Crippen molar-refractivity contribution in [2.45, 2.75) is 30.3 Å². The zero-order valence-corrected chi connectivity index (χ0v) is 21.7. The quantitative estimate of drug-likeness (QED) is 0.176. The molecule has 0 spiro atoms. The normalized spacial score (nSPS) is 13.4. The fourth-order valence-electron chi connectivity index (χ4n) is 4.15.